The average Bonchev–Trinajstić information content (AvgIpc) is 2.38. The third-order valence-electron chi connectivity index (χ3n) is 2.24. The van der Waals surface area contributed by atoms with Crippen LogP contribution in [-0.2, 0) is 2.81 Å². The molecule has 2 aromatic rings. The van der Waals surface area contributed by atoms with E-state index in [0.29, 0.717) is 0 Å². The third-order valence-corrected chi connectivity index (χ3v) is 10.2. The van der Waals surface area contributed by atoms with Crippen molar-refractivity contribution in [2.45, 2.75) is 6.92 Å². The number of benzene rings is 2. The number of rotatable bonds is 4. The fourth-order valence-corrected chi connectivity index (χ4v) is 8.32. The number of hydrogen-bond donors (Lipinski definition) is 0. The van der Waals surface area contributed by atoms with Gasteiger partial charge in [0.1, 0.15) is 0 Å². The molecule has 2 aromatic carbocycles. The second-order valence-electron chi connectivity index (χ2n) is 3.38. The van der Waals surface area contributed by atoms with Gasteiger partial charge in [-0.2, -0.15) is 0 Å². The summed E-state index contributed by atoms with van der Waals surface area (Å²) >= 11 is -2.15. The molecule has 0 N–H and O–H groups in total. The van der Waals surface area contributed by atoms with Gasteiger partial charge in [-0.25, -0.2) is 0 Å². The predicted octanol–water partition coefficient (Wildman–Crippen LogP) is 1.83. The van der Waals surface area contributed by atoms with Crippen LogP contribution in [0.3, 0.4) is 0 Å². The molecule has 82 valence electrons. The molecular weight excluding hydrogens is 393 g/mol. The molecule has 0 saturated heterocycles. The summed E-state index contributed by atoms with van der Waals surface area (Å²) in [5.41, 5.74) is 0. The van der Waals surface area contributed by atoms with E-state index in [9.17, 15) is 0 Å². The van der Waals surface area contributed by atoms with Crippen LogP contribution in [0.1, 0.15) is 6.92 Å². The molecule has 0 aromatic heterocycles. The Kier molecular flexibility index (Phi) is 4.50. The molecule has 0 fully saturated rings. The second-order valence-corrected chi connectivity index (χ2v) is 10.7. The van der Waals surface area contributed by atoms with E-state index in [4.69, 9.17) is 2.81 Å². The molecule has 2 rings (SSSR count). The SMILES string of the molecule is CC[O][Bi]([c]1ccccc1)[c]1ccccc1. The van der Waals surface area contributed by atoms with Gasteiger partial charge in [0, 0.05) is 0 Å². The topological polar surface area (TPSA) is 9.23 Å². The Hall–Kier alpha value is -0.717. The fourth-order valence-electron chi connectivity index (χ4n) is 1.55. The molecule has 0 bridgehead atoms. The van der Waals surface area contributed by atoms with Gasteiger partial charge in [0.25, 0.3) is 0 Å². The monoisotopic (exact) mass is 408 g/mol. The Labute approximate surface area is 105 Å². The summed E-state index contributed by atoms with van der Waals surface area (Å²) in [6.45, 7) is 2.88. The quantitative estimate of drug-likeness (QED) is 0.702. The Bertz CT molecular complexity index is 374. The third kappa shape index (κ3) is 2.90. The van der Waals surface area contributed by atoms with E-state index in [1.54, 1.807) is 0 Å². The molecule has 0 aliphatic carbocycles. The van der Waals surface area contributed by atoms with Gasteiger partial charge in [-0.3, -0.25) is 0 Å². The summed E-state index contributed by atoms with van der Waals surface area (Å²) in [7, 11) is 0. The zero-order valence-electron chi connectivity index (χ0n) is 9.34. The van der Waals surface area contributed by atoms with Gasteiger partial charge in [0.2, 0.25) is 0 Å². The first-order chi connectivity index (χ1) is 7.92. The molecule has 0 radical (unpaired) electrons. The predicted molar refractivity (Wildman–Crippen MR) is 69.5 cm³/mol. The van der Waals surface area contributed by atoms with Crippen molar-refractivity contribution in [3.8, 4) is 0 Å². The molecule has 0 spiro atoms. The molecular formula is C14H15BiO. The molecule has 0 aliphatic heterocycles. The minimum atomic E-state index is -2.15. The molecule has 0 heterocycles. The molecule has 2 heteroatoms. The van der Waals surface area contributed by atoms with Crippen LogP contribution in [0.25, 0.3) is 0 Å². The summed E-state index contributed by atoms with van der Waals surface area (Å²) < 4.78 is 8.83. The van der Waals surface area contributed by atoms with E-state index in [1.165, 1.54) is 6.54 Å². The van der Waals surface area contributed by atoms with Crippen LogP contribution >= 0.6 is 0 Å². The Balaban J connectivity index is 2.31. The number of hydrogen-bond acceptors (Lipinski definition) is 1. The van der Waals surface area contributed by atoms with Crippen molar-refractivity contribution in [1.29, 1.82) is 0 Å². The van der Waals surface area contributed by atoms with Crippen molar-refractivity contribution in [3.05, 3.63) is 60.7 Å². The van der Waals surface area contributed by atoms with Crippen molar-refractivity contribution in [1.82, 2.24) is 0 Å². The molecule has 0 saturated carbocycles. The zero-order valence-corrected chi connectivity index (χ0v) is 12.8. The molecule has 0 atom stereocenters. The average molecular weight is 408 g/mol. The molecule has 0 aliphatic rings. The van der Waals surface area contributed by atoms with Gasteiger partial charge in [-0.05, 0) is 0 Å². The summed E-state index contributed by atoms with van der Waals surface area (Å²) in [6.07, 6.45) is 0. The van der Waals surface area contributed by atoms with Gasteiger partial charge < -0.3 is 0 Å². The standard InChI is InChI=1S/2C6H5.C2H5O.Bi/c2*1-2-4-6-5-3-1;1-2-3;/h2*1-5H;2H2,1H3;/q;;-1;+1. The first-order valence-electron chi connectivity index (χ1n) is 5.45. The summed E-state index contributed by atoms with van der Waals surface area (Å²) in [5, 5.41) is 0. The van der Waals surface area contributed by atoms with E-state index < -0.39 is 22.2 Å². The van der Waals surface area contributed by atoms with Gasteiger partial charge in [-0.15, -0.1) is 0 Å². The maximum atomic E-state index is 6.02. The summed E-state index contributed by atoms with van der Waals surface area (Å²) in [6, 6.07) is 21.3. The normalized spacial score (nSPS) is 10.6. The van der Waals surface area contributed by atoms with Crippen molar-refractivity contribution in [2.75, 3.05) is 6.61 Å². The molecule has 0 unspecified atom stereocenters. The van der Waals surface area contributed by atoms with E-state index in [-0.39, 0.29) is 0 Å². The van der Waals surface area contributed by atoms with E-state index >= 15 is 0 Å². The summed E-state index contributed by atoms with van der Waals surface area (Å²) in [5.74, 6) is 0. The fraction of sp³-hybridized carbons (Fsp3) is 0.143. The van der Waals surface area contributed by atoms with Crippen LogP contribution in [0, 0.1) is 0 Å². The van der Waals surface area contributed by atoms with Crippen LogP contribution in [0.15, 0.2) is 60.7 Å². The van der Waals surface area contributed by atoms with Crippen LogP contribution in [-0.4, -0.2) is 28.8 Å². The maximum absolute atomic E-state index is 6.02. The van der Waals surface area contributed by atoms with Gasteiger partial charge in [-0.1, -0.05) is 0 Å². The van der Waals surface area contributed by atoms with Crippen LogP contribution in [0.2, 0.25) is 0 Å². The van der Waals surface area contributed by atoms with Crippen molar-refractivity contribution < 1.29 is 2.81 Å². The van der Waals surface area contributed by atoms with Crippen molar-refractivity contribution in [2.24, 2.45) is 0 Å². The van der Waals surface area contributed by atoms with Crippen LogP contribution in [0.4, 0.5) is 0 Å². The molecule has 16 heavy (non-hydrogen) atoms. The summed E-state index contributed by atoms with van der Waals surface area (Å²) in [4.78, 5) is 0. The second kappa shape index (κ2) is 6.13. The first kappa shape index (κ1) is 11.8. The van der Waals surface area contributed by atoms with Gasteiger partial charge >= 0.3 is 106 Å². The van der Waals surface area contributed by atoms with E-state index in [2.05, 4.69) is 67.6 Å². The van der Waals surface area contributed by atoms with Crippen LogP contribution in [0.5, 0.6) is 0 Å². The van der Waals surface area contributed by atoms with Crippen molar-refractivity contribution in [3.63, 3.8) is 0 Å². The first-order valence-corrected chi connectivity index (χ1v) is 10.3. The Morgan fingerprint density at radius 2 is 1.25 bits per heavy atom. The molecule has 0 amide bonds. The van der Waals surface area contributed by atoms with Crippen LogP contribution < -0.4 is 6.54 Å². The van der Waals surface area contributed by atoms with Gasteiger partial charge in [0.15, 0.2) is 0 Å². The van der Waals surface area contributed by atoms with Gasteiger partial charge in [0.05, 0.1) is 0 Å². The Morgan fingerprint density at radius 3 is 1.62 bits per heavy atom. The zero-order chi connectivity index (χ0) is 11.2. The minimum absolute atomic E-state index is 0.807. The van der Waals surface area contributed by atoms with E-state index in [0.717, 1.165) is 6.61 Å². The van der Waals surface area contributed by atoms with Crippen molar-refractivity contribution >= 4 is 28.7 Å². The Morgan fingerprint density at radius 1 is 0.812 bits per heavy atom. The molecule has 1 nitrogen and oxygen atoms in total. The van der Waals surface area contributed by atoms with E-state index in [1.807, 2.05) is 0 Å².